The largest absolute Gasteiger partial charge is 0.451 e. The van der Waals surface area contributed by atoms with Crippen molar-refractivity contribution in [3.05, 3.63) is 11.9 Å². The number of halogens is 3. The fourth-order valence-electron chi connectivity index (χ4n) is 4.59. The molecule has 2 saturated heterocycles. The van der Waals surface area contributed by atoms with Crippen molar-refractivity contribution in [3.8, 4) is 0 Å². The van der Waals surface area contributed by atoms with E-state index in [1.807, 2.05) is 9.80 Å². The third kappa shape index (κ3) is 9.55. The molecular weight excluding hydrogens is 489 g/mol. The van der Waals surface area contributed by atoms with E-state index in [0.717, 1.165) is 38.5 Å². The molecule has 37 heavy (non-hydrogen) atoms. The first-order chi connectivity index (χ1) is 17.4. The molecule has 0 radical (unpaired) electrons. The molecule has 0 spiro atoms. The van der Waals surface area contributed by atoms with Gasteiger partial charge in [0.05, 0.1) is 0 Å². The number of rotatable bonds is 9. The predicted molar refractivity (Wildman–Crippen MR) is 135 cm³/mol. The molecule has 0 aliphatic carbocycles. The fourth-order valence-corrected chi connectivity index (χ4v) is 4.59. The van der Waals surface area contributed by atoms with Crippen LogP contribution in [-0.4, -0.2) is 66.8 Å². The van der Waals surface area contributed by atoms with E-state index in [2.05, 4.69) is 20.6 Å². The van der Waals surface area contributed by atoms with E-state index in [9.17, 15) is 22.8 Å². The lowest BCUT2D eigenvalue weighted by Crippen LogP contribution is -2.37. The molecule has 1 aromatic heterocycles. The van der Waals surface area contributed by atoms with Crippen LogP contribution in [0.4, 0.5) is 29.6 Å². The minimum absolute atomic E-state index is 0.0708. The van der Waals surface area contributed by atoms with Crippen molar-refractivity contribution in [3.63, 3.8) is 0 Å². The minimum atomic E-state index is -4.59. The lowest BCUT2D eigenvalue weighted by molar-refractivity contribution is -0.144. The van der Waals surface area contributed by atoms with E-state index < -0.39 is 23.7 Å². The first-order valence-electron chi connectivity index (χ1n) is 13.1. The first-order valence-corrected chi connectivity index (χ1v) is 13.1. The molecule has 2 amide bonds. The number of anilines is 2. The minimum Gasteiger partial charge on any atom is -0.444 e. The molecule has 9 nitrogen and oxygen atoms in total. The fraction of sp³-hybridized carbons (Fsp3) is 0.760. The number of carbonyl (C=O) groups is 2. The highest BCUT2D eigenvalue weighted by Gasteiger charge is 2.37. The van der Waals surface area contributed by atoms with Gasteiger partial charge in [-0.3, -0.25) is 4.79 Å². The number of hydrogen-bond donors (Lipinski definition) is 2. The summed E-state index contributed by atoms with van der Waals surface area (Å²) in [4.78, 5) is 35.1. The molecule has 0 atom stereocenters. The van der Waals surface area contributed by atoms with Gasteiger partial charge in [-0.2, -0.15) is 13.2 Å². The highest BCUT2D eigenvalue weighted by Crippen LogP contribution is 2.33. The maximum absolute atomic E-state index is 13.4. The normalized spacial score (nSPS) is 17.1. The molecule has 0 unspecified atom stereocenters. The second-order valence-electron chi connectivity index (χ2n) is 10.7. The average molecular weight is 529 g/mol. The Kier molecular flexibility index (Phi) is 9.83. The summed E-state index contributed by atoms with van der Waals surface area (Å²) in [5.41, 5.74) is -0.569. The molecular formula is C25H39F3N6O3. The van der Waals surface area contributed by atoms with Crippen molar-refractivity contribution in [1.29, 1.82) is 0 Å². The molecule has 2 N–H and O–H groups in total. The van der Waals surface area contributed by atoms with Crippen LogP contribution in [0.5, 0.6) is 0 Å². The Bertz CT molecular complexity index is 908. The SMILES string of the molecule is CC(C)(C)OC(=O)NCCNC(=O)CCCC1CCN(c2cc(N3CCCC3)nc(C(F)(F)F)n2)CC1. The zero-order valence-electron chi connectivity index (χ0n) is 22.0. The van der Waals surface area contributed by atoms with Crippen molar-refractivity contribution in [2.24, 2.45) is 5.92 Å². The van der Waals surface area contributed by atoms with Gasteiger partial charge in [-0.05, 0) is 65.2 Å². The van der Waals surface area contributed by atoms with E-state index >= 15 is 0 Å². The van der Waals surface area contributed by atoms with Crippen molar-refractivity contribution in [1.82, 2.24) is 20.6 Å². The third-order valence-corrected chi connectivity index (χ3v) is 6.45. The molecule has 2 fully saturated rings. The first kappa shape index (κ1) is 28.8. The second kappa shape index (κ2) is 12.6. The van der Waals surface area contributed by atoms with Crippen LogP contribution in [0.1, 0.15) is 71.5 Å². The molecule has 2 aliphatic heterocycles. The summed E-state index contributed by atoms with van der Waals surface area (Å²) in [6, 6.07) is 1.68. The van der Waals surface area contributed by atoms with E-state index in [1.165, 1.54) is 0 Å². The quantitative estimate of drug-likeness (QED) is 0.465. The number of piperidine rings is 1. The summed E-state index contributed by atoms with van der Waals surface area (Å²) in [5.74, 6) is -0.0500. The van der Waals surface area contributed by atoms with Crippen molar-refractivity contribution in [2.45, 2.75) is 77.5 Å². The lowest BCUT2D eigenvalue weighted by atomic mass is 9.91. The van der Waals surface area contributed by atoms with E-state index in [1.54, 1.807) is 26.8 Å². The number of alkyl carbamates (subject to hydrolysis) is 1. The van der Waals surface area contributed by atoms with Gasteiger partial charge in [-0.1, -0.05) is 0 Å². The van der Waals surface area contributed by atoms with Crippen molar-refractivity contribution < 1.29 is 27.5 Å². The molecule has 3 rings (SSSR count). The summed E-state index contributed by atoms with van der Waals surface area (Å²) in [6.45, 7) is 8.64. The number of nitrogens with zero attached hydrogens (tertiary/aromatic N) is 4. The molecule has 3 heterocycles. The van der Waals surface area contributed by atoms with Gasteiger partial charge in [0.25, 0.3) is 0 Å². The van der Waals surface area contributed by atoms with Crippen LogP contribution in [0, 0.1) is 5.92 Å². The molecule has 0 saturated carbocycles. The second-order valence-corrected chi connectivity index (χ2v) is 10.7. The monoisotopic (exact) mass is 528 g/mol. The standard InChI is InChI=1S/C25H39F3N6O3/c1-24(2,3)37-23(36)30-12-11-29-21(35)8-6-7-18-9-15-34(16-10-18)20-17-19(33-13-4-5-14-33)31-22(32-20)25(26,27)28/h17-18H,4-16H2,1-3H3,(H,29,35)(H,30,36). The van der Waals surface area contributed by atoms with E-state index in [4.69, 9.17) is 4.74 Å². The molecule has 1 aromatic rings. The van der Waals surface area contributed by atoms with Gasteiger partial charge in [-0.25, -0.2) is 14.8 Å². The number of carbonyl (C=O) groups excluding carboxylic acids is 2. The summed E-state index contributed by atoms with van der Waals surface area (Å²) in [7, 11) is 0. The zero-order valence-corrected chi connectivity index (χ0v) is 22.0. The highest BCUT2D eigenvalue weighted by atomic mass is 19.4. The van der Waals surface area contributed by atoms with Crippen LogP contribution in [0.25, 0.3) is 0 Å². The van der Waals surface area contributed by atoms with Gasteiger partial charge < -0.3 is 25.2 Å². The summed E-state index contributed by atoms with van der Waals surface area (Å²) in [6.07, 6.45) is 0.492. The smallest absolute Gasteiger partial charge is 0.444 e. The van der Waals surface area contributed by atoms with Gasteiger partial charge in [0.15, 0.2) is 0 Å². The Morgan fingerprint density at radius 3 is 2.11 bits per heavy atom. The van der Waals surface area contributed by atoms with Crippen LogP contribution in [0.15, 0.2) is 6.07 Å². The Hall–Kier alpha value is -2.79. The predicted octanol–water partition coefficient (Wildman–Crippen LogP) is 4.12. The van der Waals surface area contributed by atoms with Crippen molar-refractivity contribution >= 4 is 23.6 Å². The molecule has 0 bridgehead atoms. The zero-order chi connectivity index (χ0) is 27.1. The van der Waals surface area contributed by atoms with Gasteiger partial charge >= 0.3 is 12.3 Å². The third-order valence-electron chi connectivity index (χ3n) is 6.45. The average Bonchev–Trinajstić information content (AvgIpc) is 3.35. The van der Waals surface area contributed by atoms with E-state index in [0.29, 0.717) is 56.7 Å². The number of nitrogens with one attached hydrogen (secondary N) is 2. The van der Waals surface area contributed by atoms with Gasteiger partial charge in [0.2, 0.25) is 11.7 Å². The van der Waals surface area contributed by atoms with Crippen LogP contribution < -0.4 is 20.4 Å². The van der Waals surface area contributed by atoms with Crippen molar-refractivity contribution in [2.75, 3.05) is 49.1 Å². The van der Waals surface area contributed by atoms with Gasteiger partial charge in [-0.15, -0.1) is 0 Å². The summed E-state index contributed by atoms with van der Waals surface area (Å²) < 4.78 is 45.5. The Morgan fingerprint density at radius 1 is 0.973 bits per heavy atom. The van der Waals surface area contributed by atoms with Crippen LogP contribution in [0.3, 0.4) is 0 Å². The molecule has 2 aliphatic rings. The number of hydrogen-bond acceptors (Lipinski definition) is 7. The number of amides is 2. The molecule has 12 heteroatoms. The van der Waals surface area contributed by atoms with Crippen LogP contribution in [0.2, 0.25) is 0 Å². The lowest BCUT2D eigenvalue weighted by Gasteiger charge is -2.33. The van der Waals surface area contributed by atoms with Crippen LogP contribution >= 0.6 is 0 Å². The number of ether oxygens (including phenoxy) is 1. The maximum atomic E-state index is 13.4. The van der Waals surface area contributed by atoms with Gasteiger partial charge in [0.1, 0.15) is 17.2 Å². The molecule has 208 valence electrons. The Labute approximate surface area is 216 Å². The highest BCUT2D eigenvalue weighted by molar-refractivity contribution is 5.75. The van der Waals surface area contributed by atoms with Gasteiger partial charge in [0, 0.05) is 51.8 Å². The number of alkyl halides is 3. The maximum Gasteiger partial charge on any atom is 0.451 e. The number of aromatic nitrogens is 2. The Balaban J connectivity index is 1.38. The van der Waals surface area contributed by atoms with Crippen LogP contribution in [-0.2, 0) is 15.7 Å². The topological polar surface area (TPSA) is 99.7 Å². The van der Waals surface area contributed by atoms with E-state index in [-0.39, 0.29) is 12.5 Å². The Morgan fingerprint density at radius 2 is 1.54 bits per heavy atom. The molecule has 0 aromatic carbocycles. The summed E-state index contributed by atoms with van der Waals surface area (Å²) >= 11 is 0. The summed E-state index contributed by atoms with van der Waals surface area (Å²) in [5, 5.41) is 5.38.